The maximum Gasteiger partial charge on any atom is 0.313 e. The van der Waals surface area contributed by atoms with E-state index < -0.39 is 4.65 Å². The third-order valence-electron chi connectivity index (χ3n) is 2.21. The molecule has 1 aliphatic rings. The van der Waals surface area contributed by atoms with E-state index in [1.807, 2.05) is 0 Å². The Kier molecular flexibility index (Phi) is 2.94. The summed E-state index contributed by atoms with van der Waals surface area (Å²) in [5, 5.41) is 11.6. The molecule has 0 N–H and O–H groups in total. The number of quaternary nitrogens is 1. The lowest BCUT2D eigenvalue weighted by atomic mass is 10.3. The number of unbranched alkanes of at least 4 members (excludes halogenated alkanes) is 1. The van der Waals surface area contributed by atoms with Crippen molar-refractivity contribution in [2.24, 2.45) is 0 Å². The third-order valence-corrected chi connectivity index (χ3v) is 2.21. The fourth-order valence-corrected chi connectivity index (χ4v) is 1.48. The van der Waals surface area contributed by atoms with E-state index in [1.165, 1.54) is 0 Å². The average molecular weight is 171 g/mol. The highest BCUT2D eigenvalue weighted by Gasteiger charge is 2.32. The first kappa shape index (κ1) is 9.35. The standard InChI is InChI=1S/C8H13NO3/c10-7-2-1-5-9(12)6-3-4-8(9)11/h7H,1-6H2. The molecule has 68 valence electrons. The van der Waals surface area contributed by atoms with Crippen molar-refractivity contribution in [2.75, 3.05) is 13.1 Å². The third kappa shape index (κ3) is 1.89. The van der Waals surface area contributed by atoms with Crippen LogP contribution in [0.15, 0.2) is 0 Å². The highest BCUT2D eigenvalue weighted by atomic mass is 16.6. The molecule has 0 radical (unpaired) electrons. The van der Waals surface area contributed by atoms with E-state index in [0.29, 0.717) is 32.2 Å². The number of carbonyl (C=O) groups excluding carboxylic acids is 2. The number of likely N-dealkylation sites (tertiary alicyclic amines) is 1. The molecule has 1 amide bonds. The zero-order chi connectivity index (χ0) is 9.03. The molecular weight excluding hydrogens is 158 g/mol. The van der Waals surface area contributed by atoms with Crippen LogP contribution in [-0.4, -0.2) is 29.9 Å². The number of carbonyl (C=O) groups is 2. The molecule has 1 unspecified atom stereocenters. The highest BCUT2D eigenvalue weighted by molar-refractivity contribution is 5.70. The highest BCUT2D eigenvalue weighted by Crippen LogP contribution is 2.19. The summed E-state index contributed by atoms with van der Waals surface area (Å²) in [5.74, 6) is -0.221. The molecule has 1 atom stereocenters. The predicted octanol–water partition coefficient (Wildman–Crippen LogP) is 0.601. The second-order valence-electron chi connectivity index (χ2n) is 3.14. The molecule has 4 heteroatoms. The topological polar surface area (TPSA) is 57.2 Å². The molecule has 0 aromatic heterocycles. The first-order chi connectivity index (χ1) is 5.69. The minimum Gasteiger partial charge on any atom is -0.625 e. The van der Waals surface area contributed by atoms with Gasteiger partial charge in [-0.25, -0.2) is 4.79 Å². The number of hydrogen-bond donors (Lipinski definition) is 0. The number of nitrogens with zero attached hydrogens (tertiary/aromatic N) is 1. The lowest BCUT2D eigenvalue weighted by molar-refractivity contribution is -0.795. The monoisotopic (exact) mass is 171 g/mol. The summed E-state index contributed by atoms with van der Waals surface area (Å²) < 4.78 is -0.701. The van der Waals surface area contributed by atoms with Gasteiger partial charge in [-0.05, 0) is 0 Å². The molecule has 0 saturated carbocycles. The maximum absolute atomic E-state index is 11.6. The van der Waals surface area contributed by atoms with Crippen LogP contribution >= 0.6 is 0 Å². The number of rotatable bonds is 4. The molecule has 12 heavy (non-hydrogen) atoms. The van der Waals surface area contributed by atoms with E-state index in [2.05, 4.69) is 0 Å². The average Bonchev–Trinajstić information content (AvgIpc) is 2.34. The summed E-state index contributed by atoms with van der Waals surface area (Å²) in [6.07, 6.45) is 2.80. The molecule has 0 aromatic carbocycles. The quantitative estimate of drug-likeness (QED) is 0.269. The van der Waals surface area contributed by atoms with E-state index in [0.717, 1.165) is 6.29 Å². The Morgan fingerprint density at radius 1 is 1.58 bits per heavy atom. The molecule has 0 bridgehead atoms. The zero-order valence-electron chi connectivity index (χ0n) is 6.99. The minimum atomic E-state index is -0.701. The van der Waals surface area contributed by atoms with E-state index in [-0.39, 0.29) is 12.5 Å². The van der Waals surface area contributed by atoms with Crippen molar-refractivity contribution < 1.29 is 14.2 Å². The fourth-order valence-electron chi connectivity index (χ4n) is 1.48. The van der Waals surface area contributed by atoms with Gasteiger partial charge in [-0.1, -0.05) is 0 Å². The van der Waals surface area contributed by atoms with Gasteiger partial charge in [0, 0.05) is 19.3 Å². The molecule has 1 rings (SSSR count). The van der Waals surface area contributed by atoms with Gasteiger partial charge in [0.15, 0.2) is 0 Å². The minimum absolute atomic E-state index is 0.221. The summed E-state index contributed by atoms with van der Waals surface area (Å²) in [5.41, 5.74) is 0. The normalized spacial score (nSPS) is 29.2. The maximum atomic E-state index is 11.6. The molecular formula is C8H13NO3. The van der Waals surface area contributed by atoms with Crippen molar-refractivity contribution in [2.45, 2.75) is 25.7 Å². The first-order valence-corrected chi connectivity index (χ1v) is 4.24. The largest absolute Gasteiger partial charge is 0.625 e. The van der Waals surface area contributed by atoms with Crippen LogP contribution in [0.3, 0.4) is 0 Å². The molecule has 1 heterocycles. The van der Waals surface area contributed by atoms with Crippen LogP contribution in [0.4, 0.5) is 0 Å². The van der Waals surface area contributed by atoms with Crippen LogP contribution < -0.4 is 0 Å². The number of hydrogen-bond acceptors (Lipinski definition) is 3. The first-order valence-electron chi connectivity index (χ1n) is 4.24. The number of amides is 1. The fraction of sp³-hybridized carbons (Fsp3) is 0.750. The summed E-state index contributed by atoms with van der Waals surface area (Å²) in [4.78, 5) is 21.0. The van der Waals surface area contributed by atoms with Crippen LogP contribution in [0, 0.1) is 5.21 Å². The van der Waals surface area contributed by atoms with E-state index in [9.17, 15) is 14.8 Å². The summed E-state index contributed by atoms with van der Waals surface area (Å²) >= 11 is 0. The van der Waals surface area contributed by atoms with Crippen LogP contribution in [0.25, 0.3) is 0 Å². The number of aldehydes is 1. The Hall–Kier alpha value is -0.740. The number of hydroxylamine groups is 3. The van der Waals surface area contributed by atoms with Gasteiger partial charge in [-0.15, -0.1) is 0 Å². The molecule has 0 aromatic rings. The summed E-state index contributed by atoms with van der Waals surface area (Å²) in [6.45, 7) is 0.676. The predicted molar refractivity (Wildman–Crippen MR) is 42.9 cm³/mol. The van der Waals surface area contributed by atoms with E-state index >= 15 is 0 Å². The lowest BCUT2D eigenvalue weighted by Crippen LogP contribution is -2.43. The summed E-state index contributed by atoms with van der Waals surface area (Å²) in [7, 11) is 0. The Morgan fingerprint density at radius 3 is 2.83 bits per heavy atom. The van der Waals surface area contributed by atoms with Gasteiger partial charge in [-0.3, -0.25) is 4.65 Å². The van der Waals surface area contributed by atoms with Crippen molar-refractivity contribution in [1.82, 2.24) is 0 Å². The van der Waals surface area contributed by atoms with Crippen LogP contribution in [0.2, 0.25) is 0 Å². The smallest absolute Gasteiger partial charge is 0.313 e. The van der Waals surface area contributed by atoms with E-state index in [4.69, 9.17) is 0 Å². The van der Waals surface area contributed by atoms with Crippen LogP contribution in [0.1, 0.15) is 25.7 Å². The molecule has 4 nitrogen and oxygen atoms in total. The van der Waals surface area contributed by atoms with Crippen molar-refractivity contribution >= 4 is 12.2 Å². The SMILES string of the molecule is O=CCCC[N+]1([O-])CCCC1=O. The van der Waals surface area contributed by atoms with Crippen molar-refractivity contribution in [3.63, 3.8) is 0 Å². The van der Waals surface area contributed by atoms with Crippen molar-refractivity contribution in [1.29, 1.82) is 0 Å². The Labute approximate surface area is 71.3 Å². The Bertz CT molecular complexity index is 193. The second-order valence-corrected chi connectivity index (χ2v) is 3.14. The zero-order valence-corrected chi connectivity index (χ0v) is 6.99. The van der Waals surface area contributed by atoms with Crippen LogP contribution in [-0.2, 0) is 9.59 Å². The van der Waals surface area contributed by atoms with Gasteiger partial charge in [-0.2, -0.15) is 0 Å². The molecule has 1 fully saturated rings. The molecule has 0 aliphatic carbocycles. The van der Waals surface area contributed by atoms with Crippen molar-refractivity contribution in [3.05, 3.63) is 5.21 Å². The molecule has 0 spiro atoms. The van der Waals surface area contributed by atoms with Gasteiger partial charge < -0.3 is 10.0 Å². The Morgan fingerprint density at radius 2 is 2.33 bits per heavy atom. The van der Waals surface area contributed by atoms with Gasteiger partial charge in [0.1, 0.15) is 6.29 Å². The summed E-state index contributed by atoms with van der Waals surface area (Å²) in [6, 6.07) is 0. The van der Waals surface area contributed by atoms with Gasteiger partial charge in [0.25, 0.3) is 0 Å². The van der Waals surface area contributed by atoms with Gasteiger partial charge in [0.05, 0.1) is 19.5 Å². The van der Waals surface area contributed by atoms with Crippen molar-refractivity contribution in [3.8, 4) is 0 Å². The molecule has 1 aliphatic heterocycles. The van der Waals surface area contributed by atoms with Gasteiger partial charge in [0.2, 0.25) is 0 Å². The van der Waals surface area contributed by atoms with Gasteiger partial charge >= 0.3 is 5.91 Å². The van der Waals surface area contributed by atoms with E-state index in [1.54, 1.807) is 0 Å². The second kappa shape index (κ2) is 3.78. The molecule has 1 saturated heterocycles. The van der Waals surface area contributed by atoms with Crippen LogP contribution in [0.5, 0.6) is 0 Å². The Balaban J connectivity index is 2.37. The lowest BCUT2D eigenvalue weighted by Gasteiger charge is -2.35.